The Morgan fingerprint density at radius 1 is 0.946 bits per heavy atom. The standard InChI is InChI=1S/C28H32ClN3O4S/c1-4-26(28(34)30-5-2)31(19-22-10-7-6-8-11-22)27(33)20-32(24-13-9-12-23(29)18-24)37(35,36)25-16-14-21(3)15-17-25/h6-18,26H,4-5,19-20H2,1-3H3,(H,30,34)/t26-/m1/s1. The highest BCUT2D eigenvalue weighted by Gasteiger charge is 2.33. The van der Waals surface area contributed by atoms with Crippen molar-refractivity contribution in [3.05, 3.63) is 95.0 Å². The first-order chi connectivity index (χ1) is 17.7. The van der Waals surface area contributed by atoms with E-state index in [1.165, 1.54) is 23.1 Å². The molecule has 3 aromatic carbocycles. The molecule has 0 aliphatic rings. The minimum absolute atomic E-state index is 0.0521. The summed E-state index contributed by atoms with van der Waals surface area (Å²) in [6, 6.07) is 21.3. The quantitative estimate of drug-likeness (QED) is 0.378. The molecule has 0 saturated heterocycles. The fourth-order valence-electron chi connectivity index (χ4n) is 3.99. The molecule has 7 nitrogen and oxygen atoms in total. The highest BCUT2D eigenvalue weighted by atomic mass is 35.5. The van der Waals surface area contributed by atoms with Gasteiger partial charge in [0.05, 0.1) is 10.6 Å². The number of anilines is 1. The lowest BCUT2D eigenvalue weighted by Gasteiger charge is -2.33. The Hall–Kier alpha value is -3.36. The van der Waals surface area contributed by atoms with Crippen molar-refractivity contribution >= 4 is 39.1 Å². The predicted octanol–water partition coefficient (Wildman–Crippen LogP) is 4.79. The third-order valence-electron chi connectivity index (χ3n) is 5.92. The van der Waals surface area contributed by atoms with Gasteiger partial charge >= 0.3 is 0 Å². The van der Waals surface area contributed by atoms with Gasteiger partial charge in [0, 0.05) is 18.1 Å². The van der Waals surface area contributed by atoms with E-state index in [-0.39, 0.29) is 23.0 Å². The molecular formula is C28H32ClN3O4S. The lowest BCUT2D eigenvalue weighted by atomic mass is 10.1. The number of aryl methyl sites for hydroxylation is 1. The van der Waals surface area contributed by atoms with Crippen molar-refractivity contribution in [1.29, 1.82) is 0 Å². The van der Waals surface area contributed by atoms with Crippen molar-refractivity contribution in [3.8, 4) is 0 Å². The highest BCUT2D eigenvalue weighted by Crippen LogP contribution is 2.27. The van der Waals surface area contributed by atoms with Crippen LogP contribution in [0.5, 0.6) is 0 Å². The van der Waals surface area contributed by atoms with E-state index in [4.69, 9.17) is 11.6 Å². The number of likely N-dealkylation sites (N-methyl/N-ethyl adjacent to an activating group) is 1. The Bertz CT molecular complexity index is 1310. The monoisotopic (exact) mass is 541 g/mol. The van der Waals surface area contributed by atoms with Gasteiger partial charge in [-0.25, -0.2) is 8.42 Å². The average Bonchev–Trinajstić information content (AvgIpc) is 2.88. The molecule has 0 aliphatic carbocycles. The first-order valence-corrected chi connectivity index (χ1v) is 13.9. The van der Waals surface area contributed by atoms with Gasteiger partial charge in [0.15, 0.2) is 0 Å². The van der Waals surface area contributed by atoms with Crippen molar-refractivity contribution in [2.45, 2.75) is 44.7 Å². The van der Waals surface area contributed by atoms with Crippen LogP contribution in [-0.2, 0) is 26.2 Å². The molecule has 1 atom stereocenters. The number of carbonyl (C=O) groups excluding carboxylic acids is 2. The summed E-state index contributed by atoms with van der Waals surface area (Å²) in [5.41, 5.74) is 1.99. The normalized spacial score (nSPS) is 12.0. The maximum absolute atomic E-state index is 13.9. The van der Waals surface area contributed by atoms with Crippen LogP contribution in [0.2, 0.25) is 5.02 Å². The second-order valence-electron chi connectivity index (χ2n) is 8.63. The third kappa shape index (κ3) is 7.11. The molecule has 3 aromatic rings. The van der Waals surface area contributed by atoms with Crippen LogP contribution in [0.1, 0.15) is 31.4 Å². The number of rotatable bonds is 11. The number of nitrogens with zero attached hydrogens (tertiary/aromatic N) is 2. The number of nitrogens with one attached hydrogen (secondary N) is 1. The van der Waals surface area contributed by atoms with Gasteiger partial charge in [-0.2, -0.15) is 0 Å². The molecule has 3 rings (SSSR count). The number of hydrogen-bond donors (Lipinski definition) is 1. The number of carbonyl (C=O) groups is 2. The van der Waals surface area contributed by atoms with E-state index < -0.39 is 28.5 Å². The van der Waals surface area contributed by atoms with Gasteiger partial charge < -0.3 is 10.2 Å². The molecule has 0 aromatic heterocycles. The molecule has 9 heteroatoms. The SMILES string of the molecule is CCNC(=O)[C@@H](CC)N(Cc1ccccc1)C(=O)CN(c1cccc(Cl)c1)S(=O)(=O)c1ccc(C)cc1. The molecule has 0 spiro atoms. The zero-order valence-electron chi connectivity index (χ0n) is 21.2. The van der Waals surface area contributed by atoms with Crippen LogP contribution < -0.4 is 9.62 Å². The molecular weight excluding hydrogens is 510 g/mol. The van der Waals surface area contributed by atoms with E-state index in [0.29, 0.717) is 18.0 Å². The van der Waals surface area contributed by atoms with Gasteiger partial charge in [-0.15, -0.1) is 0 Å². The Balaban J connectivity index is 2.05. The zero-order chi connectivity index (χ0) is 27.0. The fraction of sp³-hybridized carbons (Fsp3) is 0.286. The van der Waals surface area contributed by atoms with Gasteiger partial charge in [0.1, 0.15) is 12.6 Å². The number of halogens is 1. The summed E-state index contributed by atoms with van der Waals surface area (Å²) in [6.45, 7) is 5.57. The molecule has 196 valence electrons. The Kier molecular flexibility index (Phi) is 9.72. The molecule has 0 unspecified atom stereocenters. The van der Waals surface area contributed by atoms with Crippen LogP contribution in [0.4, 0.5) is 5.69 Å². The fourth-order valence-corrected chi connectivity index (χ4v) is 5.58. The van der Waals surface area contributed by atoms with Crippen molar-refractivity contribution < 1.29 is 18.0 Å². The summed E-state index contributed by atoms with van der Waals surface area (Å²) in [7, 11) is -4.13. The second kappa shape index (κ2) is 12.7. The van der Waals surface area contributed by atoms with E-state index in [2.05, 4.69) is 5.32 Å². The summed E-state index contributed by atoms with van der Waals surface area (Å²) in [4.78, 5) is 28.3. The first kappa shape index (κ1) is 28.2. The summed E-state index contributed by atoms with van der Waals surface area (Å²) >= 11 is 6.19. The summed E-state index contributed by atoms with van der Waals surface area (Å²) in [6.07, 6.45) is 0.367. The molecule has 0 aliphatic heterocycles. The van der Waals surface area contributed by atoms with Gasteiger partial charge in [-0.3, -0.25) is 13.9 Å². The van der Waals surface area contributed by atoms with Gasteiger partial charge in [0.25, 0.3) is 10.0 Å². The van der Waals surface area contributed by atoms with E-state index in [0.717, 1.165) is 15.4 Å². The van der Waals surface area contributed by atoms with Crippen molar-refractivity contribution in [1.82, 2.24) is 10.2 Å². The topological polar surface area (TPSA) is 86.8 Å². The van der Waals surface area contributed by atoms with Crippen molar-refractivity contribution in [2.24, 2.45) is 0 Å². The Labute approximate surface area is 224 Å². The van der Waals surface area contributed by atoms with Crippen LogP contribution in [0, 0.1) is 6.92 Å². The zero-order valence-corrected chi connectivity index (χ0v) is 22.8. The Morgan fingerprint density at radius 2 is 1.62 bits per heavy atom. The molecule has 0 radical (unpaired) electrons. The average molecular weight is 542 g/mol. The number of sulfonamides is 1. The number of hydrogen-bond acceptors (Lipinski definition) is 4. The smallest absolute Gasteiger partial charge is 0.264 e. The maximum atomic E-state index is 13.9. The summed E-state index contributed by atoms with van der Waals surface area (Å²) in [5.74, 6) is -0.789. The van der Waals surface area contributed by atoms with Crippen molar-refractivity contribution in [2.75, 3.05) is 17.4 Å². The molecule has 37 heavy (non-hydrogen) atoms. The lowest BCUT2D eigenvalue weighted by Crippen LogP contribution is -2.52. The predicted molar refractivity (Wildman–Crippen MR) is 147 cm³/mol. The third-order valence-corrected chi connectivity index (χ3v) is 7.94. The molecule has 2 amide bonds. The van der Waals surface area contributed by atoms with E-state index in [1.807, 2.05) is 51.1 Å². The first-order valence-electron chi connectivity index (χ1n) is 12.1. The minimum atomic E-state index is -4.13. The van der Waals surface area contributed by atoms with Gasteiger partial charge in [0.2, 0.25) is 11.8 Å². The van der Waals surface area contributed by atoms with Crippen LogP contribution in [0.25, 0.3) is 0 Å². The maximum Gasteiger partial charge on any atom is 0.264 e. The molecule has 0 fully saturated rings. The summed E-state index contributed by atoms with van der Waals surface area (Å²) < 4.78 is 28.6. The minimum Gasteiger partial charge on any atom is -0.355 e. The molecule has 0 bridgehead atoms. The molecule has 0 heterocycles. The summed E-state index contributed by atoms with van der Waals surface area (Å²) in [5, 5.41) is 3.13. The van der Waals surface area contributed by atoms with E-state index in [1.54, 1.807) is 30.3 Å². The lowest BCUT2D eigenvalue weighted by molar-refractivity contribution is -0.140. The largest absolute Gasteiger partial charge is 0.355 e. The van der Waals surface area contributed by atoms with Gasteiger partial charge in [-0.1, -0.05) is 72.6 Å². The van der Waals surface area contributed by atoms with Crippen LogP contribution in [0.15, 0.2) is 83.8 Å². The van der Waals surface area contributed by atoms with Gasteiger partial charge in [-0.05, 0) is 56.2 Å². The Morgan fingerprint density at radius 3 is 2.22 bits per heavy atom. The van der Waals surface area contributed by atoms with E-state index >= 15 is 0 Å². The van der Waals surface area contributed by atoms with Crippen LogP contribution in [-0.4, -0.2) is 44.3 Å². The number of amides is 2. The highest BCUT2D eigenvalue weighted by molar-refractivity contribution is 7.92. The molecule has 1 N–H and O–H groups in total. The number of benzene rings is 3. The molecule has 0 saturated carbocycles. The van der Waals surface area contributed by atoms with E-state index in [9.17, 15) is 18.0 Å². The van der Waals surface area contributed by atoms with Crippen LogP contribution in [0.3, 0.4) is 0 Å². The second-order valence-corrected chi connectivity index (χ2v) is 10.9. The van der Waals surface area contributed by atoms with Crippen molar-refractivity contribution in [3.63, 3.8) is 0 Å². The van der Waals surface area contributed by atoms with Crippen LogP contribution >= 0.6 is 11.6 Å².